The topological polar surface area (TPSA) is 64.2 Å². The van der Waals surface area contributed by atoms with Gasteiger partial charge in [0.15, 0.2) is 0 Å². The molecular formula is C16H30Cl2N4O. The van der Waals surface area contributed by atoms with Gasteiger partial charge in [-0.25, -0.2) is 0 Å². The summed E-state index contributed by atoms with van der Waals surface area (Å²) < 4.78 is 1.99. The van der Waals surface area contributed by atoms with Crippen molar-refractivity contribution < 1.29 is 4.79 Å². The number of nitrogens with zero attached hydrogens (tertiary/aromatic N) is 3. The number of hydrogen-bond donors (Lipinski definition) is 1. The second-order valence-corrected chi connectivity index (χ2v) is 6.16. The van der Waals surface area contributed by atoms with E-state index in [2.05, 4.69) is 18.9 Å². The van der Waals surface area contributed by atoms with Gasteiger partial charge in [0.05, 0.1) is 5.41 Å². The van der Waals surface area contributed by atoms with Crippen molar-refractivity contribution in [1.82, 2.24) is 14.7 Å². The Labute approximate surface area is 151 Å². The number of carbonyl (C=O) groups is 1. The van der Waals surface area contributed by atoms with Crippen LogP contribution in [0.1, 0.15) is 39.5 Å². The van der Waals surface area contributed by atoms with Crippen molar-refractivity contribution >= 4 is 30.7 Å². The van der Waals surface area contributed by atoms with Crippen LogP contribution in [0.3, 0.4) is 0 Å². The molecule has 0 bridgehead atoms. The SMILES string of the molecule is CCC(CC)(CN)C(=O)N1CCC(Cn2cccn2)CC1.Cl.Cl. The van der Waals surface area contributed by atoms with Gasteiger partial charge in [0.1, 0.15) is 0 Å². The average molecular weight is 365 g/mol. The van der Waals surface area contributed by atoms with Crippen molar-refractivity contribution in [3.05, 3.63) is 18.5 Å². The lowest BCUT2D eigenvalue weighted by Crippen LogP contribution is -2.50. The van der Waals surface area contributed by atoms with Gasteiger partial charge in [0, 0.05) is 38.6 Å². The maximum absolute atomic E-state index is 12.8. The fourth-order valence-corrected chi connectivity index (χ4v) is 3.26. The smallest absolute Gasteiger partial charge is 0.230 e. The molecule has 2 N–H and O–H groups in total. The van der Waals surface area contributed by atoms with E-state index in [1.165, 1.54) is 0 Å². The maximum Gasteiger partial charge on any atom is 0.230 e. The third kappa shape index (κ3) is 5.10. The Bertz CT molecular complexity index is 433. The van der Waals surface area contributed by atoms with Crippen LogP contribution in [-0.4, -0.2) is 40.2 Å². The van der Waals surface area contributed by atoms with E-state index in [1.807, 2.05) is 28.0 Å². The Morgan fingerprint density at radius 1 is 1.26 bits per heavy atom. The van der Waals surface area contributed by atoms with Crippen LogP contribution in [0.2, 0.25) is 0 Å². The molecule has 23 heavy (non-hydrogen) atoms. The highest BCUT2D eigenvalue weighted by Gasteiger charge is 2.38. The highest BCUT2D eigenvalue weighted by Crippen LogP contribution is 2.30. The van der Waals surface area contributed by atoms with Gasteiger partial charge >= 0.3 is 0 Å². The molecule has 1 aliphatic rings. The molecule has 7 heteroatoms. The molecule has 1 amide bonds. The third-order valence-electron chi connectivity index (χ3n) is 5.10. The lowest BCUT2D eigenvalue weighted by Gasteiger charge is -2.39. The molecular weight excluding hydrogens is 335 g/mol. The van der Waals surface area contributed by atoms with Crippen molar-refractivity contribution in [2.45, 2.75) is 46.1 Å². The molecule has 1 aromatic heterocycles. The summed E-state index contributed by atoms with van der Waals surface area (Å²) in [5, 5.41) is 4.26. The van der Waals surface area contributed by atoms with Gasteiger partial charge in [-0.05, 0) is 37.7 Å². The molecule has 0 unspecified atom stereocenters. The summed E-state index contributed by atoms with van der Waals surface area (Å²) in [6.45, 7) is 7.25. The molecule has 0 aliphatic carbocycles. The van der Waals surface area contributed by atoms with Gasteiger partial charge in [-0.3, -0.25) is 9.48 Å². The zero-order chi connectivity index (χ0) is 15.3. The van der Waals surface area contributed by atoms with E-state index < -0.39 is 0 Å². The van der Waals surface area contributed by atoms with Gasteiger partial charge in [-0.1, -0.05) is 13.8 Å². The Balaban J connectivity index is 0.00000242. The highest BCUT2D eigenvalue weighted by molar-refractivity contribution is 5.85. The van der Waals surface area contributed by atoms with Gasteiger partial charge in [-0.2, -0.15) is 5.10 Å². The number of nitrogens with two attached hydrogens (primary N) is 1. The number of rotatable bonds is 6. The Hall–Kier alpha value is -0.780. The molecule has 1 saturated heterocycles. The molecule has 0 atom stereocenters. The predicted molar refractivity (Wildman–Crippen MR) is 98.1 cm³/mol. The molecule has 1 aliphatic heterocycles. The molecule has 0 saturated carbocycles. The van der Waals surface area contributed by atoms with Crippen LogP contribution < -0.4 is 5.73 Å². The molecule has 0 radical (unpaired) electrons. The first-order chi connectivity index (χ1) is 10.1. The van der Waals surface area contributed by atoms with Gasteiger partial charge < -0.3 is 10.6 Å². The number of aromatic nitrogens is 2. The summed E-state index contributed by atoms with van der Waals surface area (Å²) in [6, 6.07) is 1.96. The first-order valence-corrected chi connectivity index (χ1v) is 8.12. The standard InChI is InChI=1S/C16H28N4O.2ClH/c1-3-16(4-2,13-17)15(21)19-10-6-14(7-11-19)12-20-9-5-8-18-20;;/h5,8-9,14H,3-4,6-7,10-13,17H2,1-2H3;2*1H. The van der Waals surface area contributed by atoms with Crippen LogP contribution in [-0.2, 0) is 11.3 Å². The van der Waals surface area contributed by atoms with Crippen LogP contribution in [0.5, 0.6) is 0 Å². The van der Waals surface area contributed by atoms with E-state index in [0.717, 1.165) is 45.3 Å². The summed E-state index contributed by atoms with van der Waals surface area (Å²) in [7, 11) is 0. The van der Waals surface area contributed by atoms with Crippen LogP contribution >= 0.6 is 24.8 Å². The lowest BCUT2D eigenvalue weighted by molar-refractivity contribution is -0.143. The molecule has 0 spiro atoms. The van der Waals surface area contributed by atoms with Crippen LogP contribution in [0.15, 0.2) is 18.5 Å². The zero-order valence-corrected chi connectivity index (χ0v) is 15.7. The number of likely N-dealkylation sites (tertiary alicyclic amines) is 1. The fourth-order valence-electron chi connectivity index (χ4n) is 3.26. The van der Waals surface area contributed by atoms with E-state index in [9.17, 15) is 4.79 Å². The Kier molecular flexibility index (Phi) is 9.82. The number of carbonyl (C=O) groups excluding carboxylic acids is 1. The van der Waals surface area contributed by atoms with Gasteiger partial charge in [-0.15, -0.1) is 24.8 Å². The minimum atomic E-state index is -0.352. The van der Waals surface area contributed by atoms with E-state index in [0.29, 0.717) is 12.5 Å². The Morgan fingerprint density at radius 3 is 2.30 bits per heavy atom. The second-order valence-electron chi connectivity index (χ2n) is 6.16. The van der Waals surface area contributed by atoms with Crippen LogP contribution in [0, 0.1) is 11.3 Å². The third-order valence-corrected chi connectivity index (χ3v) is 5.10. The van der Waals surface area contributed by atoms with Gasteiger partial charge in [0.2, 0.25) is 5.91 Å². The van der Waals surface area contributed by atoms with Crippen LogP contribution in [0.4, 0.5) is 0 Å². The molecule has 5 nitrogen and oxygen atoms in total. The summed E-state index contributed by atoms with van der Waals surface area (Å²) in [6.07, 6.45) is 7.58. The molecule has 2 heterocycles. The van der Waals surface area contributed by atoms with Crippen molar-refractivity contribution in [2.75, 3.05) is 19.6 Å². The normalized spacial score (nSPS) is 15.7. The number of hydrogen-bond acceptors (Lipinski definition) is 3. The van der Waals surface area contributed by atoms with Crippen molar-refractivity contribution in [3.8, 4) is 0 Å². The second kappa shape index (κ2) is 10.2. The predicted octanol–water partition coefficient (Wildman–Crippen LogP) is 2.73. The number of amides is 1. The minimum absolute atomic E-state index is 0. The van der Waals surface area contributed by atoms with Crippen molar-refractivity contribution in [2.24, 2.45) is 17.1 Å². The van der Waals surface area contributed by atoms with Crippen molar-refractivity contribution in [1.29, 1.82) is 0 Å². The zero-order valence-electron chi connectivity index (χ0n) is 14.1. The van der Waals surface area contributed by atoms with E-state index >= 15 is 0 Å². The minimum Gasteiger partial charge on any atom is -0.342 e. The first-order valence-electron chi connectivity index (χ1n) is 8.12. The summed E-state index contributed by atoms with van der Waals surface area (Å²) in [5.74, 6) is 0.872. The highest BCUT2D eigenvalue weighted by atomic mass is 35.5. The molecule has 0 aromatic carbocycles. The molecule has 2 rings (SSSR count). The largest absolute Gasteiger partial charge is 0.342 e. The molecule has 134 valence electrons. The molecule has 1 fully saturated rings. The summed E-state index contributed by atoms with van der Waals surface area (Å²) in [5.41, 5.74) is 5.54. The molecule has 1 aromatic rings. The number of piperidine rings is 1. The van der Waals surface area contributed by atoms with Gasteiger partial charge in [0.25, 0.3) is 0 Å². The van der Waals surface area contributed by atoms with Crippen molar-refractivity contribution in [3.63, 3.8) is 0 Å². The van der Waals surface area contributed by atoms with E-state index in [4.69, 9.17) is 5.73 Å². The summed E-state index contributed by atoms with van der Waals surface area (Å²) in [4.78, 5) is 14.8. The first kappa shape index (κ1) is 22.2. The fraction of sp³-hybridized carbons (Fsp3) is 0.750. The maximum atomic E-state index is 12.8. The van der Waals surface area contributed by atoms with E-state index in [-0.39, 0.29) is 36.1 Å². The number of halogens is 2. The average Bonchev–Trinajstić information content (AvgIpc) is 3.03. The van der Waals surface area contributed by atoms with Crippen LogP contribution in [0.25, 0.3) is 0 Å². The lowest BCUT2D eigenvalue weighted by atomic mass is 9.80. The Morgan fingerprint density at radius 2 is 1.87 bits per heavy atom. The summed E-state index contributed by atoms with van der Waals surface area (Å²) >= 11 is 0. The quantitative estimate of drug-likeness (QED) is 0.843. The monoisotopic (exact) mass is 364 g/mol. The van der Waals surface area contributed by atoms with E-state index in [1.54, 1.807) is 0 Å².